The summed E-state index contributed by atoms with van der Waals surface area (Å²) >= 11 is 0. The van der Waals surface area contributed by atoms with Crippen LogP contribution >= 0.6 is 0 Å². The normalized spacial score (nSPS) is 11.0. The molecule has 0 aliphatic carbocycles. The Morgan fingerprint density at radius 2 is 1.96 bits per heavy atom. The van der Waals surface area contributed by atoms with Gasteiger partial charge in [0.1, 0.15) is 5.82 Å². The lowest BCUT2D eigenvalue weighted by Crippen LogP contribution is -2.30. The van der Waals surface area contributed by atoms with E-state index in [0.29, 0.717) is 25.1 Å². The average molecular weight is 347 g/mol. The third-order valence-electron chi connectivity index (χ3n) is 4.24. The molecule has 0 radical (unpaired) electrons. The molecule has 0 saturated carbocycles. The van der Waals surface area contributed by atoms with Gasteiger partial charge in [0.15, 0.2) is 5.76 Å². The van der Waals surface area contributed by atoms with E-state index in [4.69, 9.17) is 4.52 Å². The third kappa shape index (κ3) is 5.98. The van der Waals surface area contributed by atoms with Gasteiger partial charge in [-0.3, -0.25) is 4.79 Å². The van der Waals surface area contributed by atoms with Crippen LogP contribution in [-0.2, 0) is 11.2 Å². The second kappa shape index (κ2) is 9.93. The van der Waals surface area contributed by atoms with Crippen LogP contribution in [0.2, 0.25) is 0 Å². The molecule has 136 valence electrons. The molecule has 1 N–H and O–H groups in total. The zero-order valence-corrected chi connectivity index (χ0v) is 14.9. The Bertz CT molecular complexity index is 651. The van der Waals surface area contributed by atoms with Crippen molar-refractivity contribution in [1.82, 2.24) is 15.4 Å². The Kier molecular flexibility index (Phi) is 7.60. The van der Waals surface area contributed by atoms with Crippen LogP contribution in [0.3, 0.4) is 0 Å². The molecule has 1 amide bonds. The number of aryl methyl sites for hydroxylation is 1. The number of benzene rings is 1. The van der Waals surface area contributed by atoms with Gasteiger partial charge in [0.05, 0.1) is 6.20 Å². The fourth-order valence-electron chi connectivity index (χ4n) is 2.68. The second-order valence-corrected chi connectivity index (χ2v) is 5.92. The lowest BCUT2D eigenvalue weighted by atomic mass is 10.1. The number of nitrogens with one attached hydrogen (secondary N) is 1. The molecule has 2 rings (SSSR count). The van der Waals surface area contributed by atoms with Crippen molar-refractivity contribution >= 4 is 5.91 Å². The van der Waals surface area contributed by atoms with Crippen LogP contribution in [0.4, 0.5) is 4.39 Å². The number of amides is 1. The van der Waals surface area contributed by atoms with E-state index in [2.05, 4.69) is 29.2 Å². The summed E-state index contributed by atoms with van der Waals surface area (Å²) in [5.41, 5.74) is 1.61. The van der Waals surface area contributed by atoms with Gasteiger partial charge in [0, 0.05) is 24.1 Å². The third-order valence-corrected chi connectivity index (χ3v) is 4.24. The largest absolute Gasteiger partial charge is 0.356 e. The molecule has 0 unspecified atom stereocenters. The summed E-state index contributed by atoms with van der Waals surface area (Å²) in [6, 6.07) is 6.05. The highest BCUT2D eigenvalue weighted by atomic mass is 19.1. The van der Waals surface area contributed by atoms with Gasteiger partial charge in [-0.2, -0.15) is 0 Å². The maximum absolute atomic E-state index is 13.0. The smallest absolute Gasteiger partial charge is 0.220 e. The molecule has 0 aliphatic rings. The zero-order chi connectivity index (χ0) is 18.1. The lowest BCUT2D eigenvalue weighted by molar-refractivity contribution is -0.121. The minimum atomic E-state index is -0.297. The molecule has 25 heavy (non-hydrogen) atoms. The fraction of sp³-hybridized carbons (Fsp3) is 0.474. The van der Waals surface area contributed by atoms with Gasteiger partial charge in [-0.25, -0.2) is 4.39 Å². The molecule has 0 fully saturated rings. The number of hydrogen-bond donors (Lipinski definition) is 1. The molecule has 0 bridgehead atoms. The number of halogens is 1. The van der Waals surface area contributed by atoms with Gasteiger partial charge in [0.25, 0.3) is 0 Å². The van der Waals surface area contributed by atoms with Crippen LogP contribution in [0.5, 0.6) is 0 Å². The van der Waals surface area contributed by atoms with Crippen LogP contribution in [-0.4, -0.2) is 42.1 Å². The highest BCUT2D eigenvalue weighted by Gasteiger charge is 2.12. The Morgan fingerprint density at radius 1 is 1.24 bits per heavy atom. The second-order valence-electron chi connectivity index (χ2n) is 5.92. The summed E-state index contributed by atoms with van der Waals surface area (Å²) in [4.78, 5) is 14.3. The van der Waals surface area contributed by atoms with Crippen molar-refractivity contribution in [2.24, 2.45) is 0 Å². The van der Waals surface area contributed by atoms with Crippen molar-refractivity contribution < 1.29 is 13.7 Å². The monoisotopic (exact) mass is 347 g/mol. The number of aromatic nitrogens is 1. The lowest BCUT2D eigenvalue weighted by Gasteiger charge is -2.17. The first kappa shape index (κ1) is 19.1. The molecule has 1 aromatic carbocycles. The molecule has 1 aromatic heterocycles. The van der Waals surface area contributed by atoms with E-state index < -0.39 is 0 Å². The highest BCUT2D eigenvalue weighted by Crippen LogP contribution is 2.24. The Labute approximate surface area is 148 Å². The summed E-state index contributed by atoms with van der Waals surface area (Å²) in [5.74, 6) is 0.314. The number of rotatable bonds is 10. The first-order valence-electron chi connectivity index (χ1n) is 8.82. The van der Waals surface area contributed by atoms with Crippen LogP contribution in [0.25, 0.3) is 11.3 Å². The first-order chi connectivity index (χ1) is 12.1. The van der Waals surface area contributed by atoms with E-state index in [9.17, 15) is 9.18 Å². The predicted octanol–water partition coefficient (Wildman–Crippen LogP) is 3.26. The molecular weight excluding hydrogens is 321 g/mol. The van der Waals surface area contributed by atoms with Gasteiger partial charge in [0.2, 0.25) is 5.91 Å². The predicted molar refractivity (Wildman–Crippen MR) is 95.6 cm³/mol. The molecule has 1 heterocycles. The molecule has 0 atom stereocenters. The molecular formula is C19H26FN3O2. The summed E-state index contributed by atoms with van der Waals surface area (Å²) in [7, 11) is 0. The molecule has 6 heteroatoms. The maximum atomic E-state index is 13.0. The molecule has 0 aliphatic heterocycles. The van der Waals surface area contributed by atoms with Crippen molar-refractivity contribution in [3.8, 4) is 11.3 Å². The van der Waals surface area contributed by atoms with Crippen molar-refractivity contribution in [2.75, 3.05) is 26.2 Å². The van der Waals surface area contributed by atoms with Crippen LogP contribution < -0.4 is 5.32 Å². The average Bonchev–Trinajstić information content (AvgIpc) is 3.09. The summed E-state index contributed by atoms with van der Waals surface area (Å²) in [6.07, 6.45) is 3.48. The fourth-order valence-corrected chi connectivity index (χ4v) is 2.68. The maximum Gasteiger partial charge on any atom is 0.220 e. The first-order valence-corrected chi connectivity index (χ1v) is 8.82. The van der Waals surface area contributed by atoms with Crippen molar-refractivity contribution in [3.63, 3.8) is 0 Å². The molecule has 2 aromatic rings. The van der Waals surface area contributed by atoms with Gasteiger partial charge in [-0.1, -0.05) is 19.0 Å². The SMILES string of the molecule is CCN(CC)CCCNC(=O)CCc1cnoc1-c1ccc(F)cc1. The van der Waals surface area contributed by atoms with Crippen molar-refractivity contribution in [2.45, 2.75) is 33.1 Å². The summed E-state index contributed by atoms with van der Waals surface area (Å²) in [6.45, 7) is 8.02. The van der Waals surface area contributed by atoms with E-state index in [1.165, 1.54) is 12.1 Å². The molecule has 0 spiro atoms. The van der Waals surface area contributed by atoms with E-state index in [-0.39, 0.29) is 11.7 Å². The van der Waals surface area contributed by atoms with Gasteiger partial charge < -0.3 is 14.7 Å². The number of carbonyl (C=O) groups is 1. The topological polar surface area (TPSA) is 58.4 Å². The van der Waals surface area contributed by atoms with Gasteiger partial charge in [-0.05, 0) is 56.7 Å². The van der Waals surface area contributed by atoms with Crippen molar-refractivity contribution in [3.05, 3.63) is 41.8 Å². The van der Waals surface area contributed by atoms with E-state index in [0.717, 1.165) is 37.2 Å². The Balaban J connectivity index is 1.77. The minimum Gasteiger partial charge on any atom is -0.356 e. The summed E-state index contributed by atoms with van der Waals surface area (Å²) < 4.78 is 18.3. The van der Waals surface area contributed by atoms with E-state index in [1.807, 2.05) is 0 Å². The number of carbonyl (C=O) groups excluding carboxylic acids is 1. The standard InChI is InChI=1S/C19H26FN3O2/c1-3-23(4-2)13-5-12-21-18(24)11-8-16-14-22-25-19(16)15-6-9-17(20)10-7-15/h6-7,9-10,14H,3-5,8,11-13H2,1-2H3,(H,21,24). The van der Waals surface area contributed by atoms with Crippen LogP contribution in [0.1, 0.15) is 32.3 Å². The van der Waals surface area contributed by atoms with Gasteiger partial charge >= 0.3 is 0 Å². The van der Waals surface area contributed by atoms with Crippen LogP contribution in [0.15, 0.2) is 35.0 Å². The van der Waals surface area contributed by atoms with E-state index in [1.54, 1.807) is 18.3 Å². The minimum absolute atomic E-state index is 0.0193. The molecule has 5 nitrogen and oxygen atoms in total. The van der Waals surface area contributed by atoms with Gasteiger partial charge in [-0.15, -0.1) is 0 Å². The summed E-state index contributed by atoms with van der Waals surface area (Å²) in [5, 5.41) is 6.76. The Morgan fingerprint density at radius 3 is 2.64 bits per heavy atom. The Hall–Kier alpha value is -2.21. The van der Waals surface area contributed by atoms with Crippen LogP contribution in [0, 0.1) is 5.82 Å². The zero-order valence-electron chi connectivity index (χ0n) is 14.9. The molecule has 0 saturated heterocycles. The van der Waals surface area contributed by atoms with Crippen molar-refractivity contribution in [1.29, 1.82) is 0 Å². The number of hydrogen-bond acceptors (Lipinski definition) is 4. The van der Waals surface area contributed by atoms with E-state index >= 15 is 0 Å². The quantitative estimate of drug-likeness (QED) is 0.670. The number of nitrogens with zero attached hydrogens (tertiary/aromatic N) is 2. The highest BCUT2D eigenvalue weighted by molar-refractivity contribution is 5.76.